The summed E-state index contributed by atoms with van der Waals surface area (Å²) in [6.07, 6.45) is 8.34. The van der Waals surface area contributed by atoms with Crippen molar-refractivity contribution in [1.29, 1.82) is 0 Å². The molecule has 0 aliphatic rings. The summed E-state index contributed by atoms with van der Waals surface area (Å²) in [6.45, 7) is 7.12. The Kier molecular flexibility index (Phi) is 7.41. The molecular formula is C28H36SSn. The summed E-state index contributed by atoms with van der Waals surface area (Å²) >= 11 is -0.175. The van der Waals surface area contributed by atoms with Crippen molar-refractivity contribution >= 4 is 64.2 Å². The van der Waals surface area contributed by atoms with Crippen LogP contribution in [0.1, 0.15) is 59.3 Å². The molecular weight excluding hydrogens is 487 g/mol. The molecule has 158 valence electrons. The Morgan fingerprint density at radius 1 is 0.600 bits per heavy atom. The van der Waals surface area contributed by atoms with Gasteiger partial charge in [-0.05, 0) is 0 Å². The molecule has 0 aliphatic heterocycles. The van der Waals surface area contributed by atoms with E-state index in [-0.39, 0.29) is 0 Å². The van der Waals surface area contributed by atoms with Crippen molar-refractivity contribution in [1.82, 2.24) is 0 Å². The molecule has 4 aromatic rings. The van der Waals surface area contributed by atoms with Gasteiger partial charge in [-0.2, -0.15) is 0 Å². The Morgan fingerprint density at radius 3 is 1.63 bits per heavy atom. The Balaban J connectivity index is 1.82. The molecule has 0 bridgehead atoms. The topological polar surface area (TPSA) is 0 Å². The third kappa shape index (κ3) is 4.58. The average molecular weight is 523 g/mol. The quantitative estimate of drug-likeness (QED) is 0.144. The monoisotopic (exact) mass is 524 g/mol. The molecule has 0 atom stereocenters. The number of fused-ring (bicyclic) bond motifs is 3. The van der Waals surface area contributed by atoms with Crippen molar-refractivity contribution in [2.45, 2.75) is 72.6 Å². The molecule has 3 aromatic carbocycles. The van der Waals surface area contributed by atoms with Crippen molar-refractivity contribution in [3.05, 3.63) is 54.6 Å². The molecule has 0 nitrogen and oxygen atoms in total. The average Bonchev–Trinajstić information content (AvgIpc) is 3.19. The van der Waals surface area contributed by atoms with Crippen LogP contribution in [0.2, 0.25) is 13.3 Å². The van der Waals surface area contributed by atoms with Crippen molar-refractivity contribution in [3.8, 4) is 0 Å². The van der Waals surface area contributed by atoms with E-state index in [2.05, 4.69) is 86.7 Å². The van der Waals surface area contributed by atoms with Crippen LogP contribution in [0, 0.1) is 0 Å². The van der Waals surface area contributed by atoms with E-state index in [1.807, 2.05) is 2.89 Å². The van der Waals surface area contributed by atoms with Gasteiger partial charge in [0.2, 0.25) is 0 Å². The van der Waals surface area contributed by atoms with Gasteiger partial charge >= 0.3 is 191 Å². The summed E-state index contributed by atoms with van der Waals surface area (Å²) in [6, 6.07) is 21.1. The van der Waals surface area contributed by atoms with Crippen LogP contribution in [-0.4, -0.2) is 18.4 Å². The van der Waals surface area contributed by atoms with E-state index < -0.39 is 18.4 Å². The maximum atomic E-state index is 2.64. The second-order valence-electron chi connectivity index (χ2n) is 9.14. The number of benzene rings is 3. The summed E-state index contributed by atoms with van der Waals surface area (Å²) in [4.78, 5) is 0. The summed E-state index contributed by atoms with van der Waals surface area (Å²) in [5.41, 5.74) is 0. The summed E-state index contributed by atoms with van der Waals surface area (Å²) in [5.74, 6) is 0. The second-order valence-corrected chi connectivity index (χ2v) is 24.4. The van der Waals surface area contributed by atoms with Crippen molar-refractivity contribution < 1.29 is 0 Å². The first-order valence-electron chi connectivity index (χ1n) is 12.1. The number of thiophene rings is 1. The van der Waals surface area contributed by atoms with E-state index in [9.17, 15) is 0 Å². The molecule has 30 heavy (non-hydrogen) atoms. The fourth-order valence-corrected chi connectivity index (χ4v) is 25.3. The van der Waals surface area contributed by atoms with Crippen LogP contribution in [-0.2, 0) is 0 Å². The first-order chi connectivity index (χ1) is 14.7. The van der Waals surface area contributed by atoms with Gasteiger partial charge in [-0.3, -0.25) is 0 Å². The zero-order valence-corrected chi connectivity index (χ0v) is 22.6. The van der Waals surface area contributed by atoms with Gasteiger partial charge in [0.05, 0.1) is 0 Å². The molecule has 0 fully saturated rings. The minimum absolute atomic E-state index is 1.35. The second kappa shape index (κ2) is 10.0. The van der Waals surface area contributed by atoms with E-state index in [4.69, 9.17) is 0 Å². The Labute approximate surface area is 190 Å². The van der Waals surface area contributed by atoms with E-state index in [0.717, 1.165) is 0 Å². The summed E-state index contributed by atoms with van der Waals surface area (Å²) in [5, 5.41) is 6.97. The third-order valence-electron chi connectivity index (χ3n) is 6.89. The number of hydrogen-bond donors (Lipinski definition) is 0. The van der Waals surface area contributed by atoms with Crippen molar-refractivity contribution in [2.24, 2.45) is 0 Å². The fraction of sp³-hybridized carbons (Fsp3) is 0.429. The van der Waals surface area contributed by atoms with Crippen LogP contribution in [0.4, 0.5) is 0 Å². The number of rotatable bonds is 10. The molecule has 1 heterocycles. The molecule has 2 heteroatoms. The molecule has 0 unspecified atom stereocenters. The first-order valence-corrected chi connectivity index (χ1v) is 20.4. The normalized spacial score (nSPS) is 12.4. The minimum atomic E-state index is -2.34. The fourth-order valence-electron chi connectivity index (χ4n) is 5.03. The molecule has 0 saturated carbocycles. The number of hydrogen-bond acceptors (Lipinski definition) is 1. The van der Waals surface area contributed by atoms with E-state index in [1.54, 1.807) is 13.3 Å². The Hall–Kier alpha value is -1.06. The van der Waals surface area contributed by atoms with Gasteiger partial charge in [0.1, 0.15) is 0 Å². The van der Waals surface area contributed by atoms with Crippen LogP contribution in [0.3, 0.4) is 0 Å². The summed E-state index contributed by atoms with van der Waals surface area (Å²) in [7, 11) is 0. The SMILES string of the molecule is CCC[CH2][Sn]([CH2]CCC)([CH2]CCC)[c]1cc2cc3cc4ccccc4cc3cc2s1. The van der Waals surface area contributed by atoms with Crippen LogP contribution in [0.15, 0.2) is 54.6 Å². The van der Waals surface area contributed by atoms with Crippen LogP contribution >= 0.6 is 11.3 Å². The van der Waals surface area contributed by atoms with Crippen molar-refractivity contribution in [3.63, 3.8) is 0 Å². The molecule has 1 aromatic heterocycles. The zero-order chi connectivity index (χ0) is 21.0. The van der Waals surface area contributed by atoms with Gasteiger partial charge in [-0.1, -0.05) is 0 Å². The Morgan fingerprint density at radius 2 is 1.10 bits per heavy atom. The summed E-state index contributed by atoms with van der Waals surface area (Å²) < 4.78 is 8.04. The standard InChI is InChI=1S/C16H9S.3C4H9.Sn/c1-2-4-12-8-15-10-16-13(5-6-17-16)9-14(15)7-11(12)3-1;3*1-3-4-2;/h1-5,7-10H;3*1,3-4H2,2H3;. The molecule has 0 N–H and O–H groups in total. The van der Waals surface area contributed by atoms with Gasteiger partial charge in [0.15, 0.2) is 0 Å². The third-order valence-corrected chi connectivity index (χ3v) is 26.2. The molecule has 0 aliphatic carbocycles. The van der Waals surface area contributed by atoms with Crippen molar-refractivity contribution in [2.75, 3.05) is 0 Å². The van der Waals surface area contributed by atoms with Crippen LogP contribution < -0.4 is 2.89 Å². The van der Waals surface area contributed by atoms with E-state index in [1.165, 1.54) is 70.2 Å². The molecule has 0 saturated heterocycles. The van der Waals surface area contributed by atoms with Gasteiger partial charge in [0, 0.05) is 0 Å². The van der Waals surface area contributed by atoms with E-state index >= 15 is 0 Å². The first kappa shape index (κ1) is 22.1. The molecule has 0 amide bonds. The maximum absolute atomic E-state index is 2.64. The van der Waals surface area contributed by atoms with Gasteiger partial charge in [-0.25, -0.2) is 0 Å². The van der Waals surface area contributed by atoms with Gasteiger partial charge < -0.3 is 0 Å². The molecule has 0 radical (unpaired) electrons. The molecule has 0 spiro atoms. The predicted octanol–water partition coefficient (Wildman–Crippen LogP) is 9.26. The van der Waals surface area contributed by atoms with E-state index in [0.29, 0.717) is 0 Å². The van der Waals surface area contributed by atoms with Gasteiger partial charge in [0.25, 0.3) is 0 Å². The van der Waals surface area contributed by atoms with Crippen LogP contribution in [0.25, 0.3) is 31.6 Å². The molecule has 4 rings (SSSR count). The van der Waals surface area contributed by atoms with Gasteiger partial charge in [-0.15, -0.1) is 0 Å². The predicted molar refractivity (Wildman–Crippen MR) is 141 cm³/mol. The van der Waals surface area contributed by atoms with Crippen LogP contribution in [0.5, 0.6) is 0 Å². The zero-order valence-electron chi connectivity index (χ0n) is 19.0. The number of unbranched alkanes of at least 4 members (excludes halogenated alkanes) is 3. The Bertz CT molecular complexity index is 1030.